The van der Waals surface area contributed by atoms with E-state index in [0.717, 1.165) is 6.42 Å². The van der Waals surface area contributed by atoms with E-state index in [4.69, 9.17) is 17.3 Å². The van der Waals surface area contributed by atoms with Gasteiger partial charge in [-0.2, -0.15) is 0 Å². The fourth-order valence-electron chi connectivity index (χ4n) is 4.63. The summed E-state index contributed by atoms with van der Waals surface area (Å²) in [5.41, 5.74) is 7.63. The van der Waals surface area contributed by atoms with E-state index < -0.39 is 5.82 Å². The van der Waals surface area contributed by atoms with Gasteiger partial charge in [-0.15, -0.1) is 0 Å². The number of anilines is 2. The van der Waals surface area contributed by atoms with Gasteiger partial charge in [0, 0.05) is 56.6 Å². The van der Waals surface area contributed by atoms with Crippen molar-refractivity contribution in [1.82, 2.24) is 14.1 Å². The van der Waals surface area contributed by atoms with Crippen LogP contribution >= 0.6 is 11.6 Å². The Balaban J connectivity index is 1.60. The average Bonchev–Trinajstić information content (AvgIpc) is 3.45. The van der Waals surface area contributed by atoms with Crippen LogP contribution in [0.5, 0.6) is 5.75 Å². The van der Waals surface area contributed by atoms with Crippen molar-refractivity contribution in [2.24, 2.45) is 12.8 Å². The summed E-state index contributed by atoms with van der Waals surface area (Å²) in [5.74, 6) is -0.220. The molecule has 4 N–H and O–H groups in total. The molecule has 5 rings (SSSR count). The van der Waals surface area contributed by atoms with Crippen molar-refractivity contribution in [3.63, 3.8) is 0 Å². The second-order valence-electron chi connectivity index (χ2n) is 9.35. The Morgan fingerprint density at radius 3 is 2.50 bits per heavy atom. The zero-order chi connectivity index (χ0) is 27.1. The third-order valence-corrected chi connectivity index (χ3v) is 6.82. The van der Waals surface area contributed by atoms with E-state index >= 15 is 0 Å². The number of aryl methyl sites for hydroxylation is 1. The Kier molecular flexibility index (Phi) is 6.68. The number of nitrogens with one attached hydrogen (secondary N) is 1. The summed E-state index contributed by atoms with van der Waals surface area (Å²) in [7, 11) is 1.63. The van der Waals surface area contributed by atoms with Gasteiger partial charge >= 0.3 is 5.69 Å². The first-order chi connectivity index (χ1) is 18.1. The lowest BCUT2D eigenvalue weighted by molar-refractivity contribution is -0.114. The lowest BCUT2D eigenvalue weighted by Crippen LogP contribution is -2.27. The highest BCUT2D eigenvalue weighted by molar-refractivity contribution is 6.32. The lowest BCUT2D eigenvalue weighted by atomic mass is 9.97. The summed E-state index contributed by atoms with van der Waals surface area (Å²) in [4.78, 5) is 30.6. The molecule has 1 fully saturated rings. The van der Waals surface area contributed by atoms with Crippen LogP contribution in [0.25, 0.3) is 27.9 Å². The SMILES string of the molecule is CC(=O)Nc1cc(-c2cc(F)cc(-c3ccc(-n4ccn(C)c4=O)c(Cl)c3)c2O)cc(N2CCC(N)C2)n1. The average molecular weight is 537 g/mol. The number of amides is 1. The number of carbonyl (C=O) groups excluding carboxylic acids is 1. The Bertz CT molecular complexity index is 1620. The first-order valence-corrected chi connectivity index (χ1v) is 12.4. The van der Waals surface area contributed by atoms with Crippen molar-refractivity contribution in [2.75, 3.05) is 23.3 Å². The lowest BCUT2D eigenvalue weighted by Gasteiger charge is -2.20. The van der Waals surface area contributed by atoms with Crippen LogP contribution in [0, 0.1) is 5.82 Å². The molecule has 1 aliphatic heterocycles. The standard InChI is InChI=1S/C27H26ClFN6O3/c1-15(36)31-24-10-17(11-25(32-24)34-6-5-19(30)14-34)21-13-18(29)12-20(26(21)37)16-3-4-23(22(28)9-16)35-8-7-33(2)27(35)38/h3-4,7-13,19,37H,5-6,14,30H2,1-2H3,(H,31,32,36). The number of aromatic hydroxyl groups is 1. The number of aromatic nitrogens is 3. The van der Waals surface area contributed by atoms with Crippen LogP contribution in [0.15, 0.2) is 59.7 Å². The number of hydrogen-bond donors (Lipinski definition) is 3. The number of phenols is 1. The maximum absolute atomic E-state index is 14.9. The molecule has 1 amide bonds. The Hall–Kier alpha value is -4.15. The van der Waals surface area contributed by atoms with Gasteiger partial charge in [0.05, 0.1) is 10.7 Å². The Morgan fingerprint density at radius 1 is 1.16 bits per heavy atom. The molecule has 4 aromatic rings. The van der Waals surface area contributed by atoms with Crippen molar-refractivity contribution < 1.29 is 14.3 Å². The number of pyridine rings is 1. The number of benzene rings is 2. The van der Waals surface area contributed by atoms with Gasteiger partial charge < -0.3 is 25.6 Å². The van der Waals surface area contributed by atoms with Crippen LogP contribution in [-0.2, 0) is 11.8 Å². The molecule has 0 spiro atoms. The van der Waals surface area contributed by atoms with E-state index in [0.29, 0.717) is 35.7 Å². The van der Waals surface area contributed by atoms with Gasteiger partial charge in [-0.25, -0.2) is 14.2 Å². The number of nitrogens with two attached hydrogens (primary N) is 1. The molecule has 1 unspecified atom stereocenters. The van der Waals surface area contributed by atoms with Crippen molar-refractivity contribution in [3.8, 4) is 33.7 Å². The minimum atomic E-state index is -0.574. The molecule has 2 aromatic heterocycles. The number of imidazole rings is 1. The predicted octanol–water partition coefficient (Wildman–Crippen LogP) is 3.90. The number of nitrogens with zero attached hydrogens (tertiary/aromatic N) is 4. The molecular formula is C27H26ClFN6O3. The van der Waals surface area contributed by atoms with Gasteiger partial charge in [-0.3, -0.25) is 9.36 Å². The summed E-state index contributed by atoms with van der Waals surface area (Å²) >= 11 is 6.51. The molecule has 1 aliphatic rings. The van der Waals surface area contributed by atoms with Crippen molar-refractivity contribution >= 4 is 29.1 Å². The largest absolute Gasteiger partial charge is 0.507 e. The highest BCUT2D eigenvalue weighted by atomic mass is 35.5. The summed E-state index contributed by atoms with van der Waals surface area (Å²) in [6.07, 6.45) is 4.01. The van der Waals surface area contributed by atoms with E-state index in [1.807, 2.05) is 4.90 Å². The summed E-state index contributed by atoms with van der Waals surface area (Å²) < 4.78 is 17.8. The molecule has 2 aromatic carbocycles. The van der Waals surface area contributed by atoms with Gasteiger partial charge in [0.15, 0.2) is 0 Å². The fourth-order valence-corrected chi connectivity index (χ4v) is 4.90. The van der Waals surface area contributed by atoms with Crippen LogP contribution in [0.3, 0.4) is 0 Å². The van der Waals surface area contributed by atoms with Crippen molar-refractivity contribution in [1.29, 1.82) is 0 Å². The first-order valence-electron chi connectivity index (χ1n) is 12.0. The quantitative estimate of drug-likeness (QED) is 0.356. The van der Waals surface area contributed by atoms with Gasteiger partial charge in [0.1, 0.15) is 23.2 Å². The number of rotatable bonds is 5. The van der Waals surface area contributed by atoms with E-state index in [1.54, 1.807) is 49.8 Å². The maximum Gasteiger partial charge on any atom is 0.332 e. The smallest absolute Gasteiger partial charge is 0.332 e. The highest BCUT2D eigenvalue weighted by Crippen LogP contribution is 2.41. The number of phenolic OH excluding ortho intramolecular Hbond substituents is 1. The first kappa shape index (κ1) is 25.5. The molecule has 196 valence electrons. The second-order valence-corrected chi connectivity index (χ2v) is 9.76. The topological polar surface area (TPSA) is 118 Å². The Labute approximate surface area is 222 Å². The van der Waals surface area contributed by atoms with Gasteiger partial charge in [0.2, 0.25) is 5.91 Å². The van der Waals surface area contributed by atoms with Crippen LogP contribution in [0.1, 0.15) is 13.3 Å². The zero-order valence-electron chi connectivity index (χ0n) is 20.8. The normalized spacial score (nSPS) is 15.2. The number of halogens is 2. The minimum absolute atomic E-state index is 0.00156. The third kappa shape index (κ3) is 4.88. The minimum Gasteiger partial charge on any atom is -0.507 e. The molecule has 0 saturated carbocycles. The molecule has 0 radical (unpaired) electrons. The fraction of sp³-hybridized carbons (Fsp3) is 0.222. The maximum atomic E-state index is 14.9. The number of carbonyl (C=O) groups is 1. The third-order valence-electron chi connectivity index (χ3n) is 6.52. The van der Waals surface area contributed by atoms with E-state index in [9.17, 15) is 19.1 Å². The van der Waals surface area contributed by atoms with Crippen LogP contribution in [-0.4, -0.2) is 44.3 Å². The predicted molar refractivity (Wildman–Crippen MR) is 145 cm³/mol. The molecule has 1 atom stereocenters. The molecule has 9 nitrogen and oxygen atoms in total. The summed E-state index contributed by atoms with van der Waals surface area (Å²) in [6, 6.07) is 10.6. The van der Waals surface area contributed by atoms with Gasteiger partial charge in [0.25, 0.3) is 0 Å². The molecule has 3 heterocycles. The van der Waals surface area contributed by atoms with Crippen LogP contribution in [0.4, 0.5) is 16.0 Å². The molecule has 0 aliphatic carbocycles. The summed E-state index contributed by atoms with van der Waals surface area (Å²) in [5, 5.41) is 14.2. The van der Waals surface area contributed by atoms with E-state index in [1.165, 1.54) is 28.2 Å². The second kappa shape index (κ2) is 9.96. The molecular weight excluding hydrogens is 511 g/mol. The van der Waals surface area contributed by atoms with Gasteiger partial charge in [-0.05, 0) is 53.9 Å². The molecule has 0 bridgehead atoms. The molecule has 11 heteroatoms. The van der Waals surface area contributed by atoms with E-state index in [-0.39, 0.29) is 45.4 Å². The van der Waals surface area contributed by atoms with Crippen LogP contribution in [0.2, 0.25) is 5.02 Å². The molecule has 38 heavy (non-hydrogen) atoms. The number of hydrogen-bond acceptors (Lipinski definition) is 6. The van der Waals surface area contributed by atoms with Gasteiger partial charge in [-0.1, -0.05) is 17.7 Å². The molecule has 1 saturated heterocycles. The zero-order valence-corrected chi connectivity index (χ0v) is 21.5. The monoisotopic (exact) mass is 536 g/mol. The van der Waals surface area contributed by atoms with Crippen molar-refractivity contribution in [2.45, 2.75) is 19.4 Å². The van der Waals surface area contributed by atoms with E-state index in [2.05, 4.69) is 10.3 Å². The summed E-state index contributed by atoms with van der Waals surface area (Å²) in [6.45, 7) is 2.65. The Morgan fingerprint density at radius 2 is 1.89 bits per heavy atom. The van der Waals surface area contributed by atoms with Crippen LogP contribution < -0.4 is 21.6 Å². The van der Waals surface area contributed by atoms with Crippen molar-refractivity contribution in [3.05, 3.63) is 76.2 Å². The highest BCUT2D eigenvalue weighted by Gasteiger charge is 2.23.